The summed E-state index contributed by atoms with van der Waals surface area (Å²) in [5, 5.41) is 4.10. The molecule has 0 aromatic carbocycles. The predicted molar refractivity (Wildman–Crippen MR) is 199 cm³/mol. The molecule has 6 saturated heterocycles. The first-order chi connectivity index (χ1) is 24.6. The van der Waals surface area contributed by atoms with Crippen molar-refractivity contribution in [1.82, 2.24) is 38.0 Å². The molecule has 7 aliphatic rings. The molecule has 7 rings (SSSR count). The Hall–Kier alpha value is 0.360. The van der Waals surface area contributed by atoms with Crippen molar-refractivity contribution in [2.24, 2.45) is 18.3 Å². The molecule has 6 fully saturated rings. The third-order valence-corrected chi connectivity index (χ3v) is 26.5. The topological polar surface area (TPSA) is 148 Å². The molecule has 0 saturated carbocycles. The Balaban J connectivity index is 1.62. The van der Waals surface area contributed by atoms with Crippen LogP contribution in [0.4, 0.5) is 0 Å². The summed E-state index contributed by atoms with van der Waals surface area (Å²) in [6.07, 6.45) is 0. The summed E-state index contributed by atoms with van der Waals surface area (Å²) >= 11 is 0. The zero-order valence-electron chi connectivity index (χ0n) is 30.1. The number of ether oxygens (including phenoxy) is 6. The van der Waals surface area contributed by atoms with Crippen molar-refractivity contribution in [3.8, 4) is 0 Å². The highest BCUT2D eigenvalue weighted by Crippen LogP contribution is 2.80. The van der Waals surface area contributed by atoms with Crippen LogP contribution < -0.4 is 9.95 Å². The lowest BCUT2D eigenvalue weighted by atomic mass is 10.5. The molecular formula is C28H60N12O6P4. The van der Waals surface area contributed by atoms with Gasteiger partial charge in [-0.25, -0.2) is 32.8 Å². The molecule has 0 amide bonds. The van der Waals surface area contributed by atoms with Crippen molar-refractivity contribution in [3.05, 3.63) is 0 Å². The van der Waals surface area contributed by atoms with Gasteiger partial charge in [0.25, 0.3) is 7.51 Å². The zero-order chi connectivity index (χ0) is 34.3. The molecular weight excluding hydrogens is 724 g/mol. The van der Waals surface area contributed by atoms with Crippen molar-refractivity contribution in [1.29, 1.82) is 0 Å². The van der Waals surface area contributed by atoms with Gasteiger partial charge in [-0.1, -0.05) is 6.92 Å². The van der Waals surface area contributed by atoms with Crippen LogP contribution in [0.15, 0.2) is 18.3 Å². The Morgan fingerprint density at radius 3 is 1.28 bits per heavy atom. The van der Waals surface area contributed by atoms with E-state index in [0.29, 0.717) is 85.8 Å². The molecule has 0 bridgehead atoms. The van der Waals surface area contributed by atoms with Gasteiger partial charge in [0.2, 0.25) is 7.51 Å². The van der Waals surface area contributed by atoms with E-state index >= 15 is 0 Å². The van der Waals surface area contributed by atoms with Crippen molar-refractivity contribution in [2.75, 3.05) is 171 Å². The van der Waals surface area contributed by atoms with E-state index < -0.39 is 30.0 Å². The minimum absolute atomic E-state index is 0.619. The molecule has 0 aliphatic carbocycles. The second kappa shape index (κ2) is 17.9. The summed E-state index contributed by atoms with van der Waals surface area (Å²) in [6, 6.07) is 0. The van der Waals surface area contributed by atoms with Crippen LogP contribution in [0.5, 0.6) is 0 Å². The number of nitrogens with one attached hydrogen (secondary N) is 2. The number of rotatable bonds is 9. The molecule has 0 radical (unpaired) electrons. The van der Waals surface area contributed by atoms with Gasteiger partial charge in [-0.2, -0.15) is 18.4 Å². The summed E-state index contributed by atoms with van der Waals surface area (Å²) < 4.78 is 76.3. The van der Waals surface area contributed by atoms with E-state index in [1.54, 1.807) is 0 Å². The van der Waals surface area contributed by atoms with Gasteiger partial charge < -0.3 is 28.4 Å². The standard InChI is InChI=1S/C28H60N12O6P4/c1-3-29-47(35-5-17-41-18-6-35)31-49(37-9-21-43-22-10-37,38-11-23-44-24-12-38)33-48(30-4-2,36-7-19-42-20-8-36)34-50(32-47,39-13-25-45-26-14-39)40-15-27-46-28-16-40/h29,31H,3-28H2,1-2H3/t47-,48-/m1/s1. The van der Waals surface area contributed by atoms with Crippen molar-refractivity contribution in [2.45, 2.75) is 13.8 Å². The largest absolute Gasteiger partial charge is 0.379 e. The highest BCUT2D eigenvalue weighted by atomic mass is 31.3. The molecule has 288 valence electrons. The summed E-state index contributed by atoms with van der Waals surface area (Å²) in [4.78, 5) is 4.53. The normalized spacial score (nSPS) is 34.8. The van der Waals surface area contributed by atoms with E-state index in [1.807, 2.05) is 0 Å². The van der Waals surface area contributed by atoms with Gasteiger partial charge in [-0.05, 0) is 13.5 Å². The molecule has 0 unspecified atom stereocenters. The Morgan fingerprint density at radius 2 is 0.880 bits per heavy atom. The fourth-order valence-corrected chi connectivity index (χ4v) is 27.8. The number of hydrogen-bond acceptors (Lipinski definition) is 15. The third-order valence-electron chi connectivity index (χ3n) is 9.98. The number of hydrogen-bond donors (Lipinski definition) is 2. The van der Waals surface area contributed by atoms with Crippen LogP contribution in [-0.4, -0.2) is 199 Å². The SMILES string of the molecule is CCN=[P@]1(N2CCOCC2)N=P(N2CCOCC2)(N2CCOCC2)N=[P@](NCC)(N2CCOCC2)NP(N2CCOCC2)(N2CCOCC2)=N1. The minimum atomic E-state index is -2.97. The van der Waals surface area contributed by atoms with Gasteiger partial charge in [0.1, 0.15) is 0 Å². The van der Waals surface area contributed by atoms with Crippen LogP contribution in [0, 0.1) is 0 Å². The third kappa shape index (κ3) is 8.01. The smallest absolute Gasteiger partial charge is 0.260 e. The highest BCUT2D eigenvalue weighted by Gasteiger charge is 2.51. The van der Waals surface area contributed by atoms with Gasteiger partial charge in [0.15, 0.2) is 15.0 Å². The average molecular weight is 785 g/mol. The second-order valence-corrected chi connectivity index (χ2v) is 24.4. The lowest BCUT2D eigenvalue weighted by Crippen LogP contribution is -2.50. The van der Waals surface area contributed by atoms with Gasteiger partial charge in [-0.3, -0.25) is 5.09 Å². The Morgan fingerprint density at radius 1 is 0.500 bits per heavy atom. The monoisotopic (exact) mass is 784 g/mol. The van der Waals surface area contributed by atoms with Crippen LogP contribution in [0.25, 0.3) is 0 Å². The molecule has 18 nitrogen and oxygen atoms in total. The number of nitrogens with zero attached hydrogens (tertiary/aromatic N) is 10. The molecule has 2 N–H and O–H groups in total. The van der Waals surface area contributed by atoms with E-state index in [1.165, 1.54) is 0 Å². The van der Waals surface area contributed by atoms with E-state index in [4.69, 9.17) is 46.7 Å². The van der Waals surface area contributed by atoms with Crippen molar-refractivity contribution >= 4 is 30.0 Å². The average Bonchev–Trinajstić information content (AvgIpc) is 3.19. The molecule has 0 aromatic heterocycles. The summed E-state index contributed by atoms with van der Waals surface area (Å²) in [7, 11) is -11.4. The summed E-state index contributed by atoms with van der Waals surface area (Å²) in [5.74, 6) is 0. The zero-order valence-corrected chi connectivity index (χ0v) is 33.7. The molecule has 22 heteroatoms. The summed E-state index contributed by atoms with van der Waals surface area (Å²) in [6.45, 7) is 22.7. The van der Waals surface area contributed by atoms with Crippen LogP contribution in [0.2, 0.25) is 0 Å². The van der Waals surface area contributed by atoms with E-state index in [-0.39, 0.29) is 0 Å². The molecule has 7 heterocycles. The van der Waals surface area contributed by atoms with Gasteiger partial charge in [-0.15, -0.1) is 0 Å². The van der Waals surface area contributed by atoms with Crippen LogP contribution in [0.3, 0.4) is 0 Å². The summed E-state index contributed by atoms with van der Waals surface area (Å²) in [5.41, 5.74) is 0. The predicted octanol–water partition coefficient (Wildman–Crippen LogP) is 3.00. The first kappa shape index (κ1) is 38.6. The highest BCUT2D eigenvalue weighted by molar-refractivity contribution is 7.85. The van der Waals surface area contributed by atoms with Crippen LogP contribution >= 0.6 is 30.0 Å². The Kier molecular flexibility index (Phi) is 13.8. The number of morpholine rings is 6. The maximum atomic E-state index is 6.42. The molecule has 7 aliphatic heterocycles. The first-order valence-electron chi connectivity index (χ1n) is 18.6. The fraction of sp³-hybridized carbons (Fsp3) is 1.00. The minimum Gasteiger partial charge on any atom is -0.379 e. The molecule has 50 heavy (non-hydrogen) atoms. The maximum absolute atomic E-state index is 6.42. The van der Waals surface area contributed by atoms with E-state index in [9.17, 15) is 0 Å². The lowest BCUT2D eigenvalue weighted by molar-refractivity contribution is 0.0556. The first-order valence-corrected chi connectivity index (χ1v) is 25.2. The Labute approximate surface area is 299 Å². The lowest BCUT2D eigenvalue weighted by Gasteiger charge is -2.54. The van der Waals surface area contributed by atoms with E-state index in [2.05, 4.69) is 51.8 Å². The quantitative estimate of drug-likeness (QED) is 0.330. The Bertz CT molecular complexity index is 1300. The molecule has 0 aromatic rings. The van der Waals surface area contributed by atoms with Gasteiger partial charge >= 0.3 is 0 Å². The maximum Gasteiger partial charge on any atom is 0.260 e. The van der Waals surface area contributed by atoms with Crippen molar-refractivity contribution < 1.29 is 28.4 Å². The fourth-order valence-electron chi connectivity index (χ4n) is 7.52. The van der Waals surface area contributed by atoms with Crippen molar-refractivity contribution in [3.63, 3.8) is 0 Å². The van der Waals surface area contributed by atoms with Crippen LogP contribution in [-0.2, 0) is 28.4 Å². The van der Waals surface area contributed by atoms with Crippen LogP contribution in [0.1, 0.15) is 13.8 Å². The van der Waals surface area contributed by atoms with Gasteiger partial charge in [0, 0.05) is 85.1 Å². The van der Waals surface area contributed by atoms with Gasteiger partial charge in [0.05, 0.1) is 79.3 Å². The van der Waals surface area contributed by atoms with E-state index in [0.717, 1.165) is 85.1 Å². The molecule has 0 spiro atoms. The second-order valence-electron chi connectivity index (χ2n) is 13.0. The molecule has 2 atom stereocenters.